The van der Waals surface area contributed by atoms with Gasteiger partial charge >= 0.3 is 0 Å². The van der Waals surface area contributed by atoms with E-state index in [0.717, 1.165) is 20.8 Å². The van der Waals surface area contributed by atoms with Gasteiger partial charge in [-0.3, -0.25) is 0 Å². The highest BCUT2D eigenvalue weighted by Gasteiger charge is 2.08. The topological polar surface area (TPSA) is 49.8 Å². The molecule has 86 valence electrons. The Morgan fingerprint density at radius 3 is 2.71 bits per heavy atom. The van der Waals surface area contributed by atoms with E-state index in [9.17, 15) is 0 Å². The SMILES string of the molecule is Cc1nc(Sc2ccc(C#N)c(Br)c2)oc1C. The summed E-state index contributed by atoms with van der Waals surface area (Å²) in [5.41, 5.74) is 1.52. The van der Waals surface area contributed by atoms with Crippen molar-refractivity contribution in [3.63, 3.8) is 0 Å². The monoisotopic (exact) mass is 308 g/mol. The highest BCUT2D eigenvalue weighted by molar-refractivity contribution is 9.10. The maximum Gasteiger partial charge on any atom is 0.260 e. The van der Waals surface area contributed by atoms with E-state index in [2.05, 4.69) is 27.0 Å². The lowest BCUT2D eigenvalue weighted by Gasteiger charge is -1.99. The predicted octanol–water partition coefficient (Wildman–Crippen LogP) is 4.08. The lowest BCUT2D eigenvalue weighted by Crippen LogP contribution is -1.79. The van der Waals surface area contributed by atoms with Crippen molar-refractivity contribution in [3.05, 3.63) is 39.7 Å². The summed E-state index contributed by atoms with van der Waals surface area (Å²) >= 11 is 4.79. The molecule has 0 unspecified atom stereocenters. The Bertz CT molecular complexity index is 582. The van der Waals surface area contributed by atoms with E-state index in [1.807, 2.05) is 26.0 Å². The van der Waals surface area contributed by atoms with Gasteiger partial charge in [0, 0.05) is 9.37 Å². The minimum atomic E-state index is 0.620. The van der Waals surface area contributed by atoms with E-state index in [1.165, 1.54) is 11.8 Å². The summed E-state index contributed by atoms with van der Waals surface area (Å²) in [4.78, 5) is 5.28. The van der Waals surface area contributed by atoms with Crippen LogP contribution in [0.1, 0.15) is 17.0 Å². The molecule has 0 N–H and O–H groups in total. The summed E-state index contributed by atoms with van der Waals surface area (Å²) in [6, 6.07) is 7.64. The number of halogens is 1. The fraction of sp³-hybridized carbons (Fsp3) is 0.167. The molecule has 1 aromatic heterocycles. The van der Waals surface area contributed by atoms with Gasteiger partial charge in [0.15, 0.2) is 0 Å². The zero-order valence-corrected chi connectivity index (χ0v) is 11.7. The minimum absolute atomic E-state index is 0.620. The first kappa shape index (κ1) is 12.2. The van der Waals surface area contributed by atoms with E-state index in [1.54, 1.807) is 6.07 Å². The van der Waals surface area contributed by atoms with Crippen molar-refractivity contribution >= 4 is 27.7 Å². The van der Waals surface area contributed by atoms with E-state index in [-0.39, 0.29) is 0 Å². The van der Waals surface area contributed by atoms with Gasteiger partial charge < -0.3 is 4.42 Å². The van der Waals surface area contributed by atoms with Gasteiger partial charge in [-0.2, -0.15) is 5.26 Å². The van der Waals surface area contributed by atoms with E-state index < -0.39 is 0 Å². The molecule has 3 nitrogen and oxygen atoms in total. The van der Waals surface area contributed by atoms with E-state index >= 15 is 0 Å². The maximum atomic E-state index is 8.82. The number of oxazole rings is 1. The van der Waals surface area contributed by atoms with Gasteiger partial charge in [-0.1, -0.05) is 0 Å². The Balaban J connectivity index is 2.25. The van der Waals surface area contributed by atoms with Crippen molar-refractivity contribution in [1.82, 2.24) is 4.98 Å². The van der Waals surface area contributed by atoms with Crippen LogP contribution in [0, 0.1) is 25.2 Å². The molecule has 0 saturated carbocycles. The van der Waals surface area contributed by atoms with Gasteiger partial charge in [0.05, 0.1) is 11.3 Å². The summed E-state index contributed by atoms with van der Waals surface area (Å²) in [7, 11) is 0. The third kappa shape index (κ3) is 2.71. The van der Waals surface area contributed by atoms with Crippen LogP contribution in [-0.4, -0.2) is 4.98 Å². The maximum absolute atomic E-state index is 8.82. The average molecular weight is 309 g/mol. The number of aryl methyl sites for hydroxylation is 2. The van der Waals surface area contributed by atoms with Crippen LogP contribution in [0.4, 0.5) is 0 Å². The number of nitriles is 1. The standard InChI is InChI=1S/C12H9BrN2OS/c1-7-8(2)16-12(15-7)17-10-4-3-9(6-14)11(13)5-10/h3-5H,1-2H3. The molecule has 5 heteroatoms. The molecular weight excluding hydrogens is 300 g/mol. The molecule has 1 aromatic carbocycles. The summed E-state index contributed by atoms with van der Waals surface area (Å²) in [6.07, 6.45) is 0. The van der Waals surface area contributed by atoms with Gasteiger partial charge in [0.1, 0.15) is 11.8 Å². The number of rotatable bonds is 2. The first-order valence-corrected chi connectivity index (χ1v) is 6.52. The lowest BCUT2D eigenvalue weighted by molar-refractivity contribution is 0.431. The summed E-state index contributed by atoms with van der Waals surface area (Å²) in [5, 5.41) is 9.44. The van der Waals surface area contributed by atoms with Crippen LogP contribution in [0.5, 0.6) is 0 Å². The Morgan fingerprint density at radius 1 is 1.41 bits per heavy atom. The van der Waals surface area contributed by atoms with Gasteiger partial charge in [0.25, 0.3) is 5.22 Å². The van der Waals surface area contributed by atoms with Gasteiger partial charge in [-0.25, -0.2) is 4.98 Å². The Labute approximate surface area is 112 Å². The van der Waals surface area contributed by atoms with Crippen LogP contribution in [0.3, 0.4) is 0 Å². The molecule has 0 spiro atoms. The smallest absolute Gasteiger partial charge is 0.260 e. The predicted molar refractivity (Wildman–Crippen MR) is 69.0 cm³/mol. The molecule has 0 amide bonds. The summed E-state index contributed by atoms with van der Waals surface area (Å²) < 4.78 is 6.27. The highest BCUT2D eigenvalue weighted by atomic mass is 79.9. The third-order valence-corrected chi connectivity index (χ3v) is 3.77. The zero-order chi connectivity index (χ0) is 12.4. The van der Waals surface area contributed by atoms with E-state index in [4.69, 9.17) is 9.68 Å². The molecule has 0 radical (unpaired) electrons. The van der Waals surface area contributed by atoms with Crippen LogP contribution in [-0.2, 0) is 0 Å². The summed E-state index contributed by atoms with van der Waals surface area (Å²) in [5.74, 6) is 0.834. The van der Waals surface area contributed by atoms with Crippen LogP contribution in [0.2, 0.25) is 0 Å². The fourth-order valence-corrected chi connectivity index (χ4v) is 2.72. The second-order valence-electron chi connectivity index (χ2n) is 3.48. The molecule has 0 aliphatic rings. The number of nitrogens with zero attached hydrogens (tertiary/aromatic N) is 2. The van der Waals surface area contributed by atoms with Crippen molar-refractivity contribution in [2.45, 2.75) is 24.0 Å². The molecule has 0 aliphatic carbocycles. The van der Waals surface area contributed by atoms with Crippen molar-refractivity contribution < 1.29 is 4.42 Å². The second kappa shape index (κ2) is 4.94. The molecular formula is C12H9BrN2OS. The van der Waals surface area contributed by atoms with Crippen LogP contribution < -0.4 is 0 Å². The van der Waals surface area contributed by atoms with Crippen molar-refractivity contribution in [3.8, 4) is 6.07 Å². The molecule has 0 fully saturated rings. The second-order valence-corrected chi connectivity index (χ2v) is 5.36. The highest BCUT2D eigenvalue weighted by Crippen LogP contribution is 2.31. The fourth-order valence-electron chi connectivity index (χ4n) is 1.24. The molecule has 0 aliphatic heterocycles. The Hall–Kier alpha value is -1.25. The van der Waals surface area contributed by atoms with Crippen molar-refractivity contribution in [1.29, 1.82) is 5.26 Å². The number of benzene rings is 1. The molecule has 2 rings (SSSR count). The average Bonchev–Trinajstić information content (AvgIpc) is 2.58. The van der Waals surface area contributed by atoms with Crippen LogP contribution >= 0.6 is 27.7 Å². The molecule has 0 atom stereocenters. The largest absolute Gasteiger partial charge is 0.436 e. The number of aromatic nitrogens is 1. The minimum Gasteiger partial charge on any atom is -0.436 e. The van der Waals surface area contributed by atoms with Gasteiger partial charge in [-0.15, -0.1) is 0 Å². The Kier molecular flexibility index (Phi) is 3.55. The van der Waals surface area contributed by atoms with E-state index in [0.29, 0.717) is 10.8 Å². The summed E-state index contributed by atoms with van der Waals surface area (Å²) in [6.45, 7) is 3.80. The molecule has 1 heterocycles. The van der Waals surface area contributed by atoms with Gasteiger partial charge in [0.2, 0.25) is 0 Å². The molecule has 17 heavy (non-hydrogen) atoms. The Morgan fingerprint density at radius 2 is 2.18 bits per heavy atom. The molecule has 2 aromatic rings. The first-order chi connectivity index (χ1) is 8.10. The van der Waals surface area contributed by atoms with Crippen molar-refractivity contribution in [2.24, 2.45) is 0 Å². The zero-order valence-electron chi connectivity index (χ0n) is 9.32. The first-order valence-electron chi connectivity index (χ1n) is 4.91. The third-order valence-electron chi connectivity index (χ3n) is 2.28. The number of hydrogen-bond donors (Lipinski definition) is 0. The van der Waals surface area contributed by atoms with Crippen LogP contribution in [0.15, 0.2) is 37.2 Å². The van der Waals surface area contributed by atoms with Crippen LogP contribution in [0.25, 0.3) is 0 Å². The molecule has 0 bridgehead atoms. The van der Waals surface area contributed by atoms with Crippen molar-refractivity contribution in [2.75, 3.05) is 0 Å². The normalized spacial score (nSPS) is 10.2. The molecule has 0 saturated heterocycles. The lowest BCUT2D eigenvalue weighted by atomic mass is 10.2. The number of hydrogen-bond acceptors (Lipinski definition) is 4. The van der Waals surface area contributed by atoms with Gasteiger partial charge in [-0.05, 0) is 59.7 Å². The quantitative estimate of drug-likeness (QED) is 0.839.